The normalized spacial score (nSPS) is 12.0. The Balaban J connectivity index is 1.93. The number of hydrazone groups is 1. The number of rotatable bonds is 7. The Bertz CT molecular complexity index is 702. The van der Waals surface area contributed by atoms with Crippen molar-refractivity contribution >= 4 is 29.4 Å². The lowest BCUT2D eigenvalue weighted by molar-refractivity contribution is -0.121. The number of nitrogens with one attached hydrogen (secondary N) is 2. The molecule has 0 saturated carbocycles. The summed E-state index contributed by atoms with van der Waals surface area (Å²) >= 11 is 5.90. The SMILES string of the molecule is CCC(Nc1ccc(OC)cc1)C(=O)NN=Cc1cccc(Cl)c1. The van der Waals surface area contributed by atoms with Gasteiger partial charge < -0.3 is 10.1 Å². The van der Waals surface area contributed by atoms with Crippen LogP contribution in [0.5, 0.6) is 5.75 Å². The van der Waals surface area contributed by atoms with Gasteiger partial charge in [0.25, 0.3) is 5.91 Å². The van der Waals surface area contributed by atoms with Crippen LogP contribution in [0.3, 0.4) is 0 Å². The smallest absolute Gasteiger partial charge is 0.262 e. The Hall–Kier alpha value is -2.53. The Labute approximate surface area is 146 Å². The number of hydrogen-bond donors (Lipinski definition) is 2. The van der Waals surface area contributed by atoms with E-state index in [2.05, 4.69) is 15.8 Å². The minimum absolute atomic E-state index is 0.202. The number of benzene rings is 2. The van der Waals surface area contributed by atoms with Crippen molar-refractivity contribution in [3.63, 3.8) is 0 Å². The highest BCUT2D eigenvalue weighted by Gasteiger charge is 2.15. The van der Waals surface area contributed by atoms with Crippen molar-refractivity contribution in [2.45, 2.75) is 19.4 Å². The van der Waals surface area contributed by atoms with E-state index >= 15 is 0 Å². The standard InChI is InChI=1S/C18H20ClN3O2/c1-3-17(21-15-7-9-16(24-2)10-8-15)18(23)22-20-12-13-5-4-6-14(19)11-13/h4-12,17,21H,3H2,1-2H3,(H,22,23). The number of carbonyl (C=O) groups excluding carboxylic acids is 1. The van der Waals surface area contributed by atoms with Gasteiger partial charge >= 0.3 is 0 Å². The number of carbonyl (C=O) groups is 1. The Morgan fingerprint density at radius 1 is 1.29 bits per heavy atom. The van der Waals surface area contributed by atoms with Crippen molar-refractivity contribution < 1.29 is 9.53 Å². The van der Waals surface area contributed by atoms with Crippen molar-refractivity contribution in [1.82, 2.24) is 5.43 Å². The van der Waals surface area contributed by atoms with Gasteiger partial charge in [0.05, 0.1) is 13.3 Å². The highest BCUT2D eigenvalue weighted by molar-refractivity contribution is 6.30. The molecule has 126 valence electrons. The predicted molar refractivity (Wildman–Crippen MR) is 97.9 cm³/mol. The summed E-state index contributed by atoms with van der Waals surface area (Å²) < 4.78 is 5.12. The van der Waals surface area contributed by atoms with Crippen molar-refractivity contribution in [2.24, 2.45) is 5.10 Å². The Kier molecular flexibility index (Phi) is 6.63. The number of halogens is 1. The average molecular weight is 346 g/mol. The van der Waals surface area contributed by atoms with E-state index in [0.29, 0.717) is 11.4 Å². The van der Waals surface area contributed by atoms with Crippen LogP contribution in [0.4, 0.5) is 5.69 Å². The van der Waals surface area contributed by atoms with Crippen LogP contribution in [-0.2, 0) is 4.79 Å². The number of methoxy groups -OCH3 is 1. The summed E-state index contributed by atoms with van der Waals surface area (Å²) in [6.07, 6.45) is 2.19. The number of hydrogen-bond acceptors (Lipinski definition) is 4. The monoisotopic (exact) mass is 345 g/mol. The molecule has 6 heteroatoms. The van der Waals surface area contributed by atoms with Crippen LogP contribution in [0.15, 0.2) is 53.6 Å². The van der Waals surface area contributed by atoms with Gasteiger partial charge in [0.2, 0.25) is 0 Å². The quantitative estimate of drug-likeness (QED) is 0.594. The van der Waals surface area contributed by atoms with E-state index < -0.39 is 0 Å². The van der Waals surface area contributed by atoms with E-state index in [-0.39, 0.29) is 11.9 Å². The minimum atomic E-state index is -0.380. The molecule has 1 unspecified atom stereocenters. The molecule has 0 aliphatic rings. The molecular formula is C18H20ClN3O2. The first-order chi connectivity index (χ1) is 11.6. The zero-order valence-corrected chi connectivity index (χ0v) is 14.4. The summed E-state index contributed by atoms with van der Waals surface area (Å²) in [5.41, 5.74) is 4.21. The van der Waals surface area contributed by atoms with Gasteiger partial charge in [0.1, 0.15) is 11.8 Å². The van der Waals surface area contributed by atoms with Crippen molar-refractivity contribution in [2.75, 3.05) is 12.4 Å². The lowest BCUT2D eigenvalue weighted by Gasteiger charge is -2.16. The summed E-state index contributed by atoms with van der Waals surface area (Å²) in [6, 6.07) is 14.3. The summed E-state index contributed by atoms with van der Waals surface area (Å²) in [5.74, 6) is 0.566. The first kappa shape index (κ1) is 17.8. The van der Waals surface area contributed by atoms with Crippen LogP contribution in [0.1, 0.15) is 18.9 Å². The first-order valence-electron chi connectivity index (χ1n) is 7.61. The number of anilines is 1. The summed E-state index contributed by atoms with van der Waals surface area (Å²) in [5, 5.41) is 7.78. The van der Waals surface area contributed by atoms with Crippen LogP contribution in [0, 0.1) is 0 Å². The minimum Gasteiger partial charge on any atom is -0.497 e. The maximum absolute atomic E-state index is 12.2. The van der Waals surface area contributed by atoms with E-state index in [1.807, 2.05) is 43.3 Å². The fourth-order valence-electron chi connectivity index (χ4n) is 2.08. The second-order valence-corrected chi connectivity index (χ2v) is 5.56. The maximum Gasteiger partial charge on any atom is 0.262 e. The number of ether oxygens (including phenoxy) is 1. The van der Waals surface area contributed by atoms with E-state index in [4.69, 9.17) is 16.3 Å². The molecule has 5 nitrogen and oxygen atoms in total. The van der Waals surface area contributed by atoms with E-state index in [0.717, 1.165) is 17.0 Å². The van der Waals surface area contributed by atoms with Crippen molar-refractivity contribution in [3.8, 4) is 5.75 Å². The van der Waals surface area contributed by atoms with Gasteiger partial charge in [-0.3, -0.25) is 4.79 Å². The molecule has 0 bridgehead atoms. The molecular weight excluding hydrogens is 326 g/mol. The van der Waals surface area contributed by atoms with Gasteiger partial charge in [0, 0.05) is 10.7 Å². The molecule has 0 aliphatic carbocycles. The molecule has 0 radical (unpaired) electrons. The van der Waals surface area contributed by atoms with Gasteiger partial charge in [-0.2, -0.15) is 5.10 Å². The fraction of sp³-hybridized carbons (Fsp3) is 0.222. The van der Waals surface area contributed by atoms with Gasteiger partial charge in [-0.1, -0.05) is 30.7 Å². The molecule has 24 heavy (non-hydrogen) atoms. The zero-order valence-electron chi connectivity index (χ0n) is 13.6. The second-order valence-electron chi connectivity index (χ2n) is 5.12. The van der Waals surface area contributed by atoms with Crippen LogP contribution in [-0.4, -0.2) is 25.3 Å². The molecule has 2 aromatic carbocycles. The molecule has 2 N–H and O–H groups in total. The molecule has 0 spiro atoms. The van der Waals surface area contributed by atoms with E-state index in [9.17, 15) is 4.79 Å². The molecule has 0 fully saturated rings. The van der Waals surface area contributed by atoms with E-state index in [1.165, 1.54) is 0 Å². The average Bonchev–Trinajstić information content (AvgIpc) is 2.60. The van der Waals surface area contributed by atoms with E-state index in [1.54, 1.807) is 25.5 Å². The lowest BCUT2D eigenvalue weighted by atomic mass is 10.2. The fourth-order valence-corrected chi connectivity index (χ4v) is 2.28. The third-order valence-corrected chi connectivity index (χ3v) is 3.63. The van der Waals surface area contributed by atoms with Crippen LogP contribution in [0.2, 0.25) is 5.02 Å². The van der Waals surface area contributed by atoms with Crippen LogP contribution >= 0.6 is 11.6 Å². The van der Waals surface area contributed by atoms with Gasteiger partial charge in [-0.05, 0) is 48.4 Å². The topological polar surface area (TPSA) is 62.7 Å². The molecule has 2 rings (SSSR count). The first-order valence-corrected chi connectivity index (χ1v) is 7.99. The third-order valence-electron chi connectivity index (χ3n) is 3.39. The Morgan fingerprint density at radius 3 is 2.67 bits per heavy atom. The van der Waals surface area contributed by atoms with Gasteiger partial charge in [-0.25, -0.2) is 5.43 Å². The molecule has 1 amide bonds. The molecule has 0 saturated heterocycles. The third kappa shape index (κ3) is 5.28. The van der Waals surface area contributed by atoms with Crippen molar-refractivity contribution in [1.29, 1.82) is 0 Å². The number of nitrogens with zero attached hydrogens (tertiary/aromatic N) is 1. The zero-order chi connectivity index (χ0) is 17.4. The van der Waals surface area contributed by atoms with Crippen molar-refractivity contribution in [3.05, 3.63) is 59.1 Å². The molecule has 0 aliphatic heterocycles. The van der Waals surface area contributed by atoms with Gasteiger partial charge in [0.15, 0.2) is 0 Å². The lowest BCUT2D eigenvalue weighted by Crippen LogP contribution is -2.36. The largest absolute Gasteiger partial charge is 0.497 e. The highest BCUT2D eigenvalue weighted by Crippen LogP contribution is 2.16. The molecule has 1 atom stereocenters. The van der Waals surface area contributed by atoms with Crippen LogP contribution in [0.25, 0.3) is 0 Å². The molecule has 2 aromatic rings. The molecule has 0 aromatic heterocycles. The second kappa shape index (κ2) is 8.93. The summed E-state index contributed by atoms with van der Waals surface area (Å²) in [4.78, 5) is 12.2. The molecule has 0 heterocycles. The predicted octanol–water partition coefficient (Wildman–Crippen LogP) is 3.69. The van der Waals surface area contributed by atoms with Crippen LogP contribution < -0.4 is 15.5 Å². The maximum atomic E-state index is 12.2. The number of amides is 1. The highest BCUT2D eigenvalue weighted by atomic mass is 35.5. The Morgan fingerprint density at radius 2 is 2.04 bits per heavy atom. The summed E-state index contributed by atoms with van der Waals surface area (Å²) in [6.45, 7) is 1.93. The van der Waals surface area contributed by atoms with Gasteiger partial charge in [-0.15, -0.1) is 0 Å². The summed E-state index contributed by atoms with van der Waals surface area (Å²) in [7, 11) is 1.61.